The lowest BCUT2D eigenvalue weighted by Crippen LogP contribution is -2.35. The van der Waals surface area contributed by atoms with Crippen molar-refractivity contribution >= 4 is 21.6 Å². The Morgan fingerprint density at radius 1 is 1.04 bits per heavy atom. The van der Waals surface area contributed by atoms with E-state index in [4.69, 9.17) is 0 Å². The fourth-order valence-electron chi connectivity index (χ4n) is 2.25. The number of sulfonamides is 1. The molecule has 0 atom stereocenters. The average Bonchev–Trinajstić information content (AvgIpc) is 2.52. The van der Waals surface area contributed by atoms with Crippen LogP contribution in [0.2, 0.25) is 0 Å². The SMILES string of the molecule is Cc1ccc(S(=O)(=O)N(C)CC(=O)Nc2cccc(C)c2C)cc1. The van der Waals surface area contributed by atoms with Crippen molar-refractivity contribution < 1.29 is 13.2 Å². The number of carbonyl (C=O) groups excluding carboxylic acids is 1. The van der Waals surface area contributed by atoms with E-state index in [1.807, 2.05) is 32.9 Å². The van der Waals surface area contributed by atoms with Crippen LogP contribution in [0.4, 0.5) is 5.69 Å². The zero-order valence-corrected chi connectivity index (χ0v) is 15.1. The third kappa shape index (κ3) is 4.01. The van der Waals surface area contributed by atoms with Crippen LogP contribution < -0.4 is 5.32 Å². The molecule has 0 saturated carbocycles. The van der Waals surface area contributed by atoms with E-state index in [2.05, 4.69) is 5.32 Å². The van der Waals surface area contributed by atoms with E-state index >= 15 is 0 Å². The van der Waals surface area contributed by atoms with Gasteiger partial charge in [0.05, 0.1) is 11.4 Å². The minimum atomic E-state index is -3.69. The molecule has 0 saturated heterocycles. The quantitative estimate of drug-likeness (QED) is 0.905. The average molecular weight is 346 g/mol. The molecule has 0 spiro atoms. The second kappa shape index (κ2) is 7.15. The highest BCUT2D eigenvalue weighted by molar-refractivity contribution is 7.89. The predicted molar refractivity (Wildman–Crippen MR) is 95.5 cm³/mol. The smallest absolute Gasteiger partial charge is 0.243 e. The molecule has 0 aromatic heterocycles. The molecule has 2 rings (SSSR count). The van der Waals surface area contributed by atoms with Crippen LogP contribution in [0.1, 0.15) is 16.7 Å². The van der Waals surface area contributed by atoms with Crippen LogP contribution in [0.25, 0.3) is 0 Å². The maximum Gasteiger partial charge on any atom is 0.243 e. The molecule has 1 N–H and O–H groups in total. The van der Waals surface area contributed by atoms with Crippen LogP contribution in [-0.4, -0.2) is 32.2 Å². The van der Waals surface area contributed by atoms with Crippen molar-refractivity contribution in [1.29, 1.82) is 0 Å². The summed E-state index contributed by atoms with van der Waals surface area (Å²) in [7, 11) is -2.29. The maximum atomic E-state index is 12.5. The number of benzene rings is 2. The van der Waals surface area contributed by atoms with E-state index in [0.717, 1.165) is 21.0 Å². The van der Waals surface area contributed by atoms with Gasteiger partial charge in [-0.1, -0.05) is 29.8 Å². The highest BCUT2D eigenvalue weighted by Crippen LogP contribution is 2.19. The first-order chi connectivity index (χ1) is 11.2. The Morgan fingerprint density at radius 2 is 1.67 bits per heavy atom. The normalized spacial score (nSPS) is 11.5. The van der Waals surface area contributed by atoms with Crippen LogP contribution in [0.15, 0.2) is 47.4 Å². The Hall–Kier alpha value is -2.18. The summed E-state index contributed by atoms with van der Waals surface area (Å²) < 4.78 is 26.1. The minimum absolute atomic E-state index is 0.176. The van der Waals surface area contributed by atoms with Gasteiger partial charge in [-0.15, -0.1) is 0 Å². The zero-order chi connectivity index (χ0) is 17.9. The van der Waals surface area contributed by atoms with Gasteiger partial charge in [-0.2, -0.15) is 4.31 Å². The second-order valence-corrected chi connectivity index (χ2v) is 7.91. The van der Waals surface area contributed by atoms with Crippen LogP contribution >= 0.6 is 0 Å². The summed E-state index contributed by atoms with van der Waals surface area (Å²) in [5, 5.41) is 2.77. The molecular formula is C18H22N2O3S. The highest BCUT2D eigenvalue weighted by atomic mass is 32.2. The standard InChI is InChI=1S/C18H22N2O3S/c1-13-8-10-16(11-9-13)24(22,23)20(4)12-18(21)19-17-7-5-6-14(2)15(17)3/h5-11H,12H2,1-4H3,(H,19,21). The summed E-state index contributed by atoms with van der Waals surface area (Å²) in [4.78, 5) is 12.4. The van der Waals surface area contributed by atoms with Crippen molar-refractivity contribution in [2.24, 2.45) is 0 Å². The fraction of sp³-hybridized carbons (Fsp3) is 0.278. The fourth-order valence-corrected chi connectivity index (χ4v) is 3.38. The lowest BCUT2D eigenvalue weighted by Gasteiger charge is -2.18. The van der Waals surface area contributed by atoms with E-state index < -0.39 is 10.0 Å². The molecule has 128 valence electrons. The van der Waals surface area contributed by atoms with E-state index in [-0.39, 0.29) is 17.3 Å². The lowest BCUT2D eigenvalue weighted by molar-refractivity contribution is -0.116. The Labute approximate surface area is 143 Å². The molecule has 5 nitrogen and oxygen atoms in total. The topological polar surface area (TPSA) is 66.5 Å². The van der Waals surface area contributed by atoms with Crippen LogP contribution in [0.5, 0.6) is 0 Å². The number of aryl methyl sites for hydroxylation is 2. The van der Waals surface area contributed by atoms with Gasteiger partial charge in [-0.25, -0.2) is 8.42 Å². The third-order valence-electron chi connectivity index (χ3n) is 3.97. The van der Waals surface area contributed by atoms with Crippen LogP contribution in [0.3, 0.4) is 0 Å². The molecule has 0 aliphatic heterocycles. The Balaban J connectivity index is 2.10. The molecule has 2 aromatic rings. The number of hydrogen-bond acceptors (Lipinski definition) is 3. The van der Waals surface area contributed by atoms with Crippen molar-refractivity contribution in [2.45, 2.75) is 25.7 Å². The molecule has 6 heteroatoms. The maximum absolute atomic E-state index is 12.5. The first kappa shape index (κ1) is 18.2. The second-order valence-electron chi connectivity index (χ2n) is 5.87. The number of nitrogens with one attached hydrogen (secondary N) is 1. The molecule has 1 amide bonds. The summed E-state index contributed by atoms with van der Waals surface area (Å²) in [6.07, 6.45) is 0. The molecule has 0 bridgehead atoms. The molecule has 0 radical (unpaired) electrons. The number of rotatable bonds is 5. The third-order valence-corrected chi connectivity index (χ3v) is 5.79. The van der Waals surface area contributed by atoms with Gasteiger partial charge in [0.2, 0.25) is 15.9 Å². The number of anilines is 1. The Kier molecular flexibility index (Phi) is 5.41. The predicted octanol–water partition coefficient (Wildman–Crippen LogP) is 2.87. The zero-order valence-electron chi connectivity index (χ0n) is 14.3. The number of carbonyl (C=O) groups is 1. The van der Waals surface area contributed by atoms with E-state index in [9.17, 15) is 13.2 Å². The minimum Gasteiger partial charge on any atom is -0.325 e. The van der Waals surface area contributed by atoms with Crippen molar-refractivity contribution in [3.05, 3.63) is 59.2 Å². The largest absolute Gasteiger partial charge is 0.325 e. The van der Waals surface area contributed by atoms with Gasteiger partial charge in [0.15, 0.2) is 0 Å². The summed E-state index contributed by atoms with van der Waals surface area (Å²) in [6, 6.07) is 12.2. The van der Waals surface area contributed by atoms with Crippen molar-refractivity contribution in [2.75, 3.05) is 18.9 Å². The van der Waals surface area contributed by atoms with Crippen LogP contribution in [-0.2, 0) is 14.8 Å². The number of amides is 1. The first-order valence-electron chi connectivity index (χ1n) is 7.61. The molecule has 0 aliphatic rings. The van der Waals surface area contributed by atoms with E-state index in [1.54, 1.807) is 30.3 Å². The Morgan fingerprint density at radius 3 is 2.29 bits per heavy atom. The van der Waals surface area contributed by atoms with Crippen molar-refractivity contribution in [3.63, 3.8) is 0 Å². The summed E-state index contributed by atoms with van der Waals surface area (Å²) in [5.41, 5.74) is 3.70. The monoisotopic (exact) mass is 346 g/mol. The van der Waals surface area contributed by atoms with Gasteiger partial charge in [0, 0.05) is 12.7 Å². The van der Waals surface area contributed by atoms with Gasteiger partial charge in [0.25, 0.3) is 0 Å². The van der Waals surface area contributed by atoms with Crippen molar-refractivity contribution in [3.8, 4) is 0 Å². The summed E-state index contributed by atoms with van der Waals surface area (Å²) in [5.74, 6) is -0.373. The highest BCUT2D eigenvalue weighted by Gasteiger charge is 2.23. The molecule has 0 heterocycles. The van der Waals surface area contributed by atoms with E-state index in [0.29, 0.717) is 5.69 Å². The summed E-state index contributed by atoms with van der Waals surface area (Å²) >= 11 is 0. The molecule has 2 aromatic carbocycles. The first-order valence-corrected chi connectivity index (χ1v) is 9.05. The molecule has 24 heavy (non-hydrogen) atoms. The molecule has 0 unspecified atom stereocenters. The van der Waals surface area contributed by atoms with Crippen LogP contribution in [0, 0.1) is 20.8 Å². The number of nitrogens with zero attached hydrogens (tertiary/aromatic N) is 1. The molecule has 0 aliphatic carbocycles. The number of likely N-dealkylation sites (N-methyl/N-ethyl adjacent to an activating group) is 1. The van der Waals surface area contributed by atoms with Crippen molar-refractivity contribution in [1.82, 2.24) is 4.31 Å². The number of hydrogen-bond donors (Lipinski definition) is 1. The van der Waals surface area contributed by atoms with Gasteiger partial charge in [-0.3, -0.25) is 4.79 Å². The summed E-state index contributed by atoms with van der Waals surface area (Å²) in [6.45, 7) is 5.51. The van der Waals surface area contributed by atoms with Gasteiger partial charge in [0.1, 0.15) is 0 Å². The molecular weight excluding hydrogens is 324 g/mol. The van der Waals surface area contributed by atoms with Gasteiger partial charge in [-0.05, 0) is 50.1 Å². The Bertz CT molecular complexity index is 843. The van der Waals surface area contributed by atoms with E-state index in [1.165, 1.54) is 7.05 Å². The van der Waals surface area contributed by atoms with Gasteiger partial charge >= 0.3 is 0 Å². The molecule has 0 fully saturated rings. The lowest BCUT2D eigenvalue weighted by atomic mass is 10.1. The van der Waals surface area contributed by atoms with Gasteiger partial charge < -0.3 is 5.32 Å².